The summed E-state index contributed by atoms with van der Waals surface area (Å²) in [5, 5.41) is 10.3. The topological polar surface area (TPSA) is 42.4 Å². The number of benzene rings is 1. The standard InChI is InChI=1S/C17H21NO2/c19-11-13-5-9-16(10-6-13)20-12-15-8-7-14-3-1-2-4-17(14)18-15/h1-4,7-8,13,16,19H,5-6,9-12H2. The number of ether oxygens (including phenoxy) is 1. The zero-order chi connectivity index (χ0) is 13.8. The summed E-state index contributed by atoms with van der Waals surface area (Å²) in [6.45, 7) is 0.901. The maximum absolute atomic E-state index is 9.13. The lowest BCUT2D eigenvalue weighted by molar-refractivity contribution is -0.0000518. The Kier molecular flexibility index (Phi) is 4.28. The van der Waals surface area contributed by atoms with Crippen LogP contribution in [0.25, 0.3) is 10.9 Å². The molecule has 0 radical (unpaired) electrons. The van der Waals surface area contributed by atoms with E-state index >= 15 is 0 Å². The van der Waals surface area contributed by atoms with E-state index < -0.39 is 0 Å². The summed E-state index contributed by atoms with van der Waals surface area (Å²) >= 11 is 0. The SMILES string of the molecule is OCC1CCC(OCc2ccc3ccccc3n2)CC1. The van der Waals surface area contributed by atoms with E-state index in [1.165, 1.54) is 5.39 Å². The number of aliphatic hydroxyl groups is 1. The van der Waals surface area contributed by atoms with Gasteiger partial charge in [-0.3, -0.25) is 4.98 Å². The molecule has 1 saturated carbocycles. The predicted molar refractivity (Wildman–Crippen MR) is 79.4 cm³/mol. The van der Waals surface area contributed by atoms with Crippen molar-refractivity contribution in [3.8, 4) is 0 Å². The maximum Gasteiger partial charge on any atom is 0.0891 e. The van der Waals surface area contributed by atoms with Gasteiger partial charge in [-0.1, -0.05) is 24.3 Å². The third kappa shape index (κ3) is 3.17. The number of aromatic nitrogens is 1. The summed E-state index contributed by atoms with van der Waals surface area (Å²) in [7, 11) is 0. The van der Waals surface area contributed by atoms with Crippen molar-refractivity contribution in [1.82, 2.24) is 4.98 Å². The number of hydrogen-bond acceptors (Lipinski definition) is 3. The smallest absolute Gasteiger partial charge is 0.0891 e. The lowest BCUT2D eigenvalue weighted by atomic mass is 9.88. The molecule has 1 aromatic heterocycles. The molecule has 0 aliphatic heterocycles. The molecule has 0 spiro atoms. The van der Waals surface area contributed by atoms with Crippen LogP contribution in [0.4, 0.5) is 0 Å². The van der Waals surface area contributed by atoms with Crippen LogP contribution >= 0.6 is 0 Å². The minimum absolute atomic E-state index is 0.318. The summed E-state index contributed by atoms with van der Waals surface area (Å²) in [5.41, 5.74) is 2.02. The first-order valence-corrected chi connectivity index (χ1v) is 7.42. The van der Waals surface area contributed by atoms with Crippen LogP contribution in [-0.4, -0.2) is 22.8 Å². The molecule has 3 nitrogen and oxygen atoms in total. The fraction of sp³-hybridized carbons (Fsp3) is 0.471. The summed E-state index contributed by atoms with van der Waals surface area (Å²) in [6.07, 6.45) is 4.59. The van der Waals surface area contributed by atoms with Crippen molar-refractivity contribution in [2.75, 3.05) is 6.61 Å². The van der Waals surface area contributed by atoms with Gasteiger partial charge in [0.1, 0.15) is 0 Å². The molecule has 0 bridgehead atoms. The second-order valence-electron chi connectivity index (χ2n) is 5.63. The Morgan fingerprint density at radius 1 is 1.05 bits per heavy atom. The molecule has 1 aromatic carbocycles. The van der Waals surface area contributed by atoms with E-state index in [1.54, 1.807) is 0 Å². The van der Waals surface area contributed by atoms with Crippen molar-refractivity contribution in [3.63, 3.8) is 0 Å². The van der Waals surface area contributed by atoms with Crippen LogP contribution in [-0.2, 0) is 11.3 Å². The van der Waals surface area contributed by atoms with E-state index in [9.17, 15) is 0 Å². The lowest BCUT2D eigenvalue weighted by Gasteiger charge is -2.27. The van der Waals surface area contributed by atoms with Gasteiger partial charge in [0.05, 0.1) is 23.9 Å². The van der Waals surface area contributed by atoms with E-state index in [-0.39, 0.29) is 0 Å². The van der Waals surface area contributed by atoms with Gasteiger partial charge in [-0.2, -0.15) is 0 Å². The van der Waals surface area contributed by atoms with Crippen LogP contribution in [0.2, 0.25) is 0 Å². The monoisotopic (exact) mass is 271 g/mol. The molecule has 1 aliphatic carbocycles. The Labute approximate surface area is 119 Å². The van der Waals surface area contributed by atoms with Gasteiger partial charge in [0.25, 0.3) is 0 Å². The molecular weight excluding hydrogens is 250 g/mol. The maximum atomic E-state index is 9.13. The van der Waals surface area contributed by atoms with Crippen molar-refractivity contribution < 1.29 is 9.84 Å². The van der Waals surface area contributed by atoms with Crippen LogP contribution in [0.5, 0.6) is 0 Å². The Balaban J connectivity index is 1.57. The van der Waals surface area contributed by atoms with Gasteiger partial charge in [0.2, 0.25) is 0 Å². The van der Waals surface area contributed by atoms with Crippen molar-refractivity contribution in [3.05, 3.63) is 42.1 Å². The average Bonchev–Trinajstić information content (AvgIpc) is 2.53. The van der Waals surface area contributed by atoms with Gasteiger partial charge < -0.3 is 9.84 Å². The van der Waals surface area contributed by atoms with Crippen molar-refractivity contribution >= 4 is 10.9 Å². The lowest BCUT2D eigenvalue weighted by Crippen LogP contribution is -2.23. The van der Waals surface area contributed by atoms with Crippen molar-refractivity contribution in [2.24, 2.45) is 5.92 Å². The average molecular weight is 271 g/mol. The Hall–Kier alpha value is -1.45. The van der Waals surface area contributed by atoms with Gasteiger partial charge >= 0.3 is 0 Å². The first-order chi connectivity index (χ1) is 9.85. The second kappa shape index (κ2) is 6.33. The third-order valence-corrected chi connectivity index (χ3v) is 4.17. The number of pyridine rings is 1. The molecule has 20 heavy (non-hydrogen) atoms. The molecule has 1 heterocycles. The molecule has 0 saturated heterocycles. The molecule has 1 aliphatic rings. The van der Waals surface area contributed by atoms with E-state index in [4.69, 9.17) is 9.84 Å². The summed E-state index contributed by atoms with van der Waals surface area (Å²) in [5.74, 6) is 0.480. The third-order valence-electron chi connectivity index (χ3n) is 4.17. The summed E-state index contributed by atoms with van der Waals surface area (Å²) < 4.78 is 5.97. The van der Waals surface area contributed by atoms with E-state index in [2.05, 4.69) is 17.1 Å². The fourth-order valence-corrected chi connectivity index (χ4v) is 2.87. The molecule has 106 valence electrons. The predicted octanol–water partition coefficient (Wildman–Crippen LogP) is 3.30. The van der Waals surface area contributed by atoms with E-state index in [1.807, 2.05) is 24.3 Å². The van der Waals surface area contributed by atoms with Gasteiger partial charge in [-0.15, -0.1) is 0 Å². The molecule has 1 N–H and O–H groups in total. The number of nitrogens with zero attached hydrogens (tertiary/aromatic N) is 1. The minimum atomic E-state index is 0.318. The molecule has 0 amide bonds. The molecule has 3 heteroatoms. The first-order valence-electron chi connectivity index (χ1n) is 7.42. The number of fused-ring (bicyclic) bond motifs is 1. The number of para-hydroxylation sites is 1. The van der Waals surface area contributed by atoms with Crippen LogP contribution in [0, 0.1) is 5.92 Å². The Morgan fingerprint density at radius 2 is 1.85 bits per heavy atom. The second-order valence-corrected chi connectivity index (χ2v) is 5.63. The van der Waals surface area contributed by atoms with Gasteiger partial charge in [-0.05, 0) is 43.7 Å². The fourth-order valence-electron chi connectivity index (χ4n) is 2.87. The number of rotatable bonds is 4. The minimum Gasteiger partial charge on any atom is -0.396 e. The van der Waals surface area contributed by atoms with Crippen LogP contribution in [0.1, 0.15) is 31.4 Å². The molecule has 3 rings (SSSR count). The largest absolute Gasteiger partial charge is 0.396 e. The quantitative estimate of drug-likeness (QED) is 0.927. The summed E-state index contributed by atoms with van der Waals surface area (Å²) in [6, 6.07) is 12.3. The van der Waals surface area contributed by atoms with Crippen LogP contribution in [0.15, 0.2) is 36.4 Å². The normalized spacial score (nSPS) is 23.1. The van der Waals surface area contributed by atoms with Gasteiger partial charge in [-0.25, -0.2) is 0 Å². The Bertz CT molecular complexity index is 562. The zero-order valence-corrected chi connectivity index (χ0v) is 11.7. The highest BCUT2D eigenvalue weighted by molar-refractivity contribution is 5.78. The molecule has 0 atom stereocenters. The van der Waals surface area contributed by atoms with Gasteiger partial charge in [0.15, 0.2) is 0 Å². The number of aliphatic hydroxyl groups excluding tert-OH is 1. The highest BCUT2D eigenvalue weighted by Crippen LogP contribution is 2.26. The molecular formula is C17H21NO2. The van der Waals surface area contributed by atoms with E-state index in [0.29, 0.717) is 25.2 Å². The van der Waals surface area contributed by atoms with Crippen molar-refractivity contribution in [2.45, 2.75) is 38.4 Å². The molecule has 0 unspecified atom stereocenters. The summed E-state index contributed by atoms with van der Waals surface area (Å²) in [4.78, 5) is 4.63. The number of hydrogen-bond donors (Lipinski definition) is 1. The van der Waals surface area contributed by atoms with Crippen LogP contribution in [0.3, 0.4) is 0 Å². The first kappa shape index (κ1) is 13.5. The Morgan fingerprint density at radius 3 is 2.65 bits per heavy atom. The highest BCUT2D eigenvalue weighted by Gasteiger charge is 2.21. The zero-order valence-electron chi connectivity index (χ0n) is 11.7. The molecule has 1 fully saturated rings. The van der Waals surface area contributed by atoms with Crippen molar-refractivity contribution in [1.29, 1.82) is 0 Å². The van der Waals surface area contributed by atoms with Crippen LogP contribution < -0.4 is 0 Å². The van der Waals surface area contributed by atoms with E-state index in [0.717, 1.165) is 36.9 Å². The highest BCUT2D eigenvalue weighted by atomic mass is 16.5. The molecule has 2 aromatic rings. The van der Waals surface area contributed by atoms with Gasteiger partial charge in [0, 0.05) is 12.0 Å².